The molecule has 5 nitrogen and oxygen atoms in total. The number of ether oxygens (including phenoxy) is 1. The predicted octanol–water partition coefficient (Wildman–Crippen LogP) is 3.37. The van der Waals surface area contributed by atoms with Crippen LogP contribution in [0.15, 0.2) is 71.6 Å². The van der Waals surface area contributed by atoms with E-state index in [0.29, 0.717) is 10.6 Å². The molecule has 1 N–H and O–H groups in total. The predicted molar refractivity (Wildman–Crippen MR) is 102 cm³/mol. The Labute approximate surface area is 153 Å². The second kappa shape index (κ2) is 7.93. The van der Waals surface area contributed by atoms with E-state index in [9.17, 15) is 13.8 Å². The van der Waals surface area contributed by atoms with E-state index in [1.54, 1.807) is 24.3 Å². The van der Waals surface area contributed by atoms with Crippen LogP contribution >= 0.6 is 0 Å². The summed E-state index contributed by atoms with van der Waals surface area (Å²) in [6.45, 7) is -0.424. The third-order valence-corrected chi connectivity index (χ3v) is 4.79. The second-order valence-electron chi connectivity index (χ2n) is 5.60. The van der Waals surface area contributed by atoms with Crippen molar-refractivity contribution in [2.24, 2.45) is 0 Å². The largest absolute Gasteiger partial charge is 0.452 e. The van der Waals surface area contributed by atoms with Crippen LogP contribution in [-0.2, 0) is 20.3 Å². The summed E-state index contributed by atoms with van der Waals surface area (Å²) in [6, 6.07) is 19.7. The molecule has 0 heterocycles. The summed E-state index contributed by atoms with van der Waals surface area (Å²) in [5.41, 5.74) is 0.852. The monoisotopic (exact) mass is 367 g/mol. The molecule has 3 aromatic rings. The van der Waals surface area contributed by atoms with E-state index in [-0.39, 0.29) is 5.56 Å². The van der Waals surface area contributed by atoms with Crippen LogP contribution in [0.2, 0.25) is 0 Å². The standard InChI is InChI=1S/C20H17NO4S/c1-26(24)18-12-5-4-10-16(18)20(23)25-13-19(22)21-17-11-6-8-14-7-2-3-9-15(14)17/h2-12H,13H2,1H3,(H,21,22)/t26-/m1/s1. The number of anilines is 1. The van der Waals surface area contributed by atoms with Gasteiger partial charge >= 0.3 is 5.97 Å². The first kappa shape index (κ1) is 17.8. The van der Waals surface area contributed by atoms with Gasteiger partial charge in [-0.05, 0) is 23.6 Å². The molecule has 6 heteroatoms. The highest BCUT2D eigenvalue weighted by molar-refractivity contribution is 7.84. The molecule has 26 heavy (non-hydrogen) atoms. The summed E-state index contributed by atoms with van der Waals surface area (Å²) in [4.78, 5) is 24.7. The van der Waals surface area contributed by atoms with Gasteiger partial charge in [-0.1, -0.05) is 48.5 Å². The number of rotatable bonds is 5. The number of esters is 1. The van der Waals surface area contributed by atoms with E-state index in [0.717, 1.165) is 10.8 Å². The molecule has 0 saturated heterocycles. The molecule has 0 spiro atoms. The SMILES string of the molecule is C[S@@](=O)c1ccccc1C(=O)OCC(=O)Nc1cccc2ccccc12. The quantitative estimate of drug-likeness (QED) is 0.702. The van der Waals surface area contributed by atoms with Gasteiger partial charge in [0, 0.05) is 17.3 Å². The Morgan fingerprint density at radius 3 is 2.46 bits per heavy atom. The molecule has 3 rings (SSSR count). The van der Waals surface area contributed by atoms with Gasteiger partial charge in [-0.2, -0.15) is 0 Å². The molecule has 3 aromatic carbocycles. The van der Waals surface area contributed by atoms with Crippen molar-refractivity contribution >= 4 is 39.1 Å². The first-order valence-electron chi connectivity index (χ1n) is 7.93. The molecule has 0 radical (unpaired) electrons. The van der Waals surface area contributed by atoms with Crippen LogP contribution in [0.4, 0.5) is 5.69 Å². The maximum atomic E-state index is 12.2. The molecule has 0 unspecified atom stereocenters. The number of carbonyl (C=O) groups is 2. The number of hydrogen-bond donors (Lipinski definition) is 1. The van der Waals surface area contributed by atoms with Gasteiger partial charge in [0.1, 0.15) is 0 Å². The van der Waals surface area contributed by atoms with E-state index in [1.807, 2.05) is 36.4 Å². The zero-order valence-corrected chi connectivity index (χ0v) is 14.9. The Bertz CT molecular complexity index is 995. The van der Waals surface area contributed by atoms with Crippen molar-refractivity contribution in [2.45, 2.75) is 4.90 Å². The van der Waals surface area contributed by atoms with E-state index in [2.05, 4.69) is 5.32 Å². The number of nitrogens with one attached hydrogen (secondary N) is 1. The number of fused-ring (bicyclic) bond motifs is 1. The molecule has 0 aliphatic carbocycles. The first-order valence-corrected chi connectivity index (χ1v) is 9.49. The summed E-state index contributed by atoms with van der Waals surface area (Å²) in [5.74, 6) is -1.12. The van der Waals surface area contributed by atoms with Crippen molar-refractivity contribution in [3.8, 4) is 0 Å². The number of hydrogen-bond acceptors (Lipinski definition) is 4. The number of benzene rings is 3. The van der Waals surface area contributed by atoms with Crippen molar-refractivity contribution < 1.29 is 18.5 Å². The van der Waals surface area contributed by atoms with Gasteiger partial charge in [-0.15, -0.1) is 0 Å². The van der Waals surface area contributed by atoms with Crippen LogP contribution in [0.1, 0.15) is 10.4 Å². The fraction of sp³-hybridized carbons (Fsp3) is 0.100. The average molecular weight is 367 g/mol. The van der Waals surface area contributed by atoms with Crippen molar-refractivity contribution in [3.05, 3.63) is 72.3 Å². The normalized spacial score (nSPS) is 11.7. The third-order valence-electron chi connectivity index (χ3n) is 3.81. The smallest absolute Gasteiger partial charge is 0.339 e. The Hall–Kier alpha value is -2.99. The Kier molecular flexibility index (Phi) is 5.43. The van der Waals surface area contributed by atoms with Gasteiger partial charge in [0.2, 0.25) is 0 Å². The highest BCUT2D eigenvalue weighted by atomic mass is 32.2. The van der Waals surface area contributed by atoms with Gasteiger partial charge in [0.05, 0.1) is 21.3 Å². The molecule has 0 aliphatic heterocycles. The zero-order chi connectivity index (χ0) is 18.5. The van der Waals surface area contributed by atoms with Gasteiger partial charge in [-0.25, -0.2) is 4.79 Å². The van der Waals surface area contributed by atoms with Crippen LogP contribution < -0.4 is 5.32 Å². The highest BCUT2D eigenvalue weighted by Crippen LogP contribution is 2.22. The fourth-order valence-electron chi connectivity index (χ4n) is 2.62. The van der Waals surface area contributed by atoms with Crippen LogP contribution in [0, 0.1) is 0 Å². The van der Waals surface area contributed by atoms with E-state index in [4.69, 9.17) is 4.74 Å². The molecule has 132 valence electrons. The number of carbonyl (C=O) groups excluding carboxylic acids is 2. The summed E-state index contributed by atoms with van der Waals surface area (Å²) in [6.07, 6.45) is 1.49. The minimum Gasteiger partial charge on any atom is -0.452 e. The molecule has 0 fully saturated rings. The lowest BCUT2D eigenvalue weighted by atomic mass is 10.1. The Morgan fingerprint density at radius 2 is 1.65 bits per heavy atom. The minimum atomic E-state index is -1.32. The van der Waals surface area contributed by atoms with Crippen LogP contribution in [-0.4, -0.2) is 28.9 Å². The molecular weight excluding hydrogens is 350 g/mol. The van der Waals surface area contributed by atoms with Crippen molar-refractivity contribution in [1.82, 2.24) is 0 Å². The molecule has 0 bridgehead atoms. The van der Waals surface area contributed by atoms with Crippen molar-refractivity contribution in [3.63, 3.8) is 0 Å². The molecule has 1 amide bonds. The maximum absolute atomic E-state index is 12.2. The summed E-state index contributed by atoms with van der Waals surface area (Å²) >= 11 is 0. The van der Waals surface area contributed by atoms with Gasteiger partial charge < -0.3 is 10.1 Å². The zero-order valence-electron chi connectivity index (χ0n) is 14.1. The molecule has 0 aliphatic rings. The lowest BCUT2D eigenvalue weighted by molar-refractivity contribution is -0.119. The molecule has 0 saturated carbocycles. The first-order chi connectivity index (χ1) is 12.6. The fourth-order valence-corrected chi connectivity index (χ4v) is 3.35. The summed E-state index contributed by atoms with van der Waals surface area (Å²) in [5, 5.41) is 4.66. The molecular formula is C20H17NO4S. The van der Waals surface area contributed by atoms with Gasteiger partial charge in [0.25, 0.3) is 5.91 Å². The van der Waals surface area contributed by atoms with E-state index in [1.165, 1.54) is 12.3 Å². The minimum absolute atomic E-state index is 0.200. The average Bonchev–Trinajstić information content (AvgIpc) is 2.66. The lowest BCUT2D eigenvalue weighted by Crippen LogP contribution is -2.21. The Morgan fingerprint density at radius 1 is 0.962 bits per heavy atom. The highest BCUT2D eigenvalue weighted by Gasteiger charge is 2.16. The second-order valence-corrected chi connectivity index (χ2v) is 6.95. The lowest BCUT2D eigenvalue weighted by Gasteiger charge is -2.10. The van der Waals surface area contributed by atoms with Gasteiger partial charge in [-0.3, -0.25) is 9.00 Å². The van der Waals surface area contributed by atoms with Crippen LogP contribution in [0.3, 0.4) is 0 Å². The maximum Gasteiger partial charge on any atom is 0.339 e. The van der Waals surface area contributed by atoms with E-state index >= 15 is 0 Å². The molecule has 0 aromatic heterocycles. The summed E-state index contributed by atoms with van der Waals surface area (Å²) in [7, 11) is -1.32. The number of amides is 1. The van der Waals surface area contributed by atoms with Crippen LogP contribution in [0.5, 0.6) is 0 Å². The summed E-state index contributed by atoms with van der Waals surface area (Å²) < 4.78 is 16.8. The topological polar surface area (TPSA) is 72.5 Å². The van der Waals surface area contributed by atoms with E-state index < -0.39 is 29.3 Å². The van der Waals surface area contributed by atoms with Gasteiger partial charge in [0.15, 0.2) is 6.61 Å². The van der Waals surface area contributed by atoms with Crippen molar-refractivity contribution in [1.29, 1.82) is 0 Å². The van der Waals surface area contributed by atoms with Crippen molar-refractivity contribution in [2.75, 3.05) is 18.2 Å². The Balaban J connectivity index is 1.68. The third kappa shape index (κ3) is 3.97. The molecule has 1 atom stereocenters. The van der Waals surface area contributed by atoms with Crippen LogP contribution in [0.25, 0.3) is 10.8 Å².